The van der Waals surface area contributed by atoms with Crippen LogP contribution in [-0.2, 0) is 0 Å². The van der Waals surface area contributed by atoms with E-state index in [1.54, 1.807) is 18.9 Å². The Hall–Kier alpha value is -2.66. The highest BCUT2D eigenvalue weighted by Gasteiger charge is 2.25. The summed E-state index contributed by atoms with van der Waals surface area (Å²) >= 11 is 5.99. The Balaban J connectivity index is 0.00000117. The standard InChI is InChI=1S/C18H17ClN4O.C2H6/c1-11(20)23-16-8-7-14(24-2)9-15(16)18(22-10-17(23)21)12-3-5-13(19)6-4-12;1-2/h3-9,20-21H,10H2,1-2H3;1-2H3. The number of halogens is 1. The van der Waals surface area contributed by atoms with E-state index < -0.39 is 0 Å². The van der Waals surface area contributed by atoms with Crippen LogP contribution in [0, 0.1) is 10.8 Å². The monoisotopic (exact) mass is 370 g/mol. The number of nitrogens with zero attached hydrogens (tertiary/aromatic N) is 2. The fourth-order valence-electron chi connectivity index (χ4n) is 2.72. The fraction of sp³-hybridized carbons (Fsp3) is 0.250. The number of fused-ring (bicyclic) bond motifs is 1. The van der Waals surface area contributed by atoms with Crippen molar-refractivity contribution >= 4 is 34.7 Å². The van der Waals surface area contributed by atoms with Gasteiger partial charge in [0.2, 0.25) is 0 Å². The quantitative estimate of drug-likeness (QED) is 0.576. The highest BCUT2D eigenvalue weighted by molar-refractivity contribution is 6.31. The van der Waals surface area contributed by atoms with E-state index in [9.17, 15) is 0 Å². The molecule has 0 amide bonds. The van der Waals surface area contributed by atoms with Gasteiger partial charge < -0.3 is 4.74 Å². The summed E-state index contributed by atoms with van der Waals surface area (Å²) in [4.78, 5) is 6.21. The smallest absolute Gasteiger partial charge is 0.128 e. The molecule has 1 heterocycles. The number of aliphatic imine (C=N–C) groups is 1. The summed E-state index contributed by atoms with van der Waals surface area (Å²) in [6, 6.07) is 13.0. The molecular formula is C20H23ClN4O. The predicted octanol–water partition coefficient (Wildman–Crippen LogP) is 5.01. The normalized spacial score (nSPS) is 13.0. The lowest BCUT2D eigenvalue weighted by Crippen LogP contribution is -2.35. The molecule has 1 aliphatic heterocycles. The number of benzene rings is 2. The van der Waals surface area contributed by atoms with E-state index in [1.165, 1.54) is 0 Å². The minimum absolute atomic E-state index is 0.200. The van der Waals surface area contributed by atoms with Crippen molar-refractivity contribution in [3.8, 4) is 5.75 Å². The number of benzodiazepines with no additional fused rings is 1. The summed E-state index contributed by atoms with van der Waals surface area (Å²) < 4.78 is 5.34. The predicted molar refractivity (Wildman–Crippen MR) is 110 cm³/mol. The molecule has 26 heavy (non-hydrogen) atoms. The molecule has 0 spiro atoms. The molecule has 0 aromatic heterocycles. The van der Waals surface area contributed by atoms with Crippen molar-refractivity contribution in [1.29, 1.82) is 10.8 Å². The van der Waals surface area contributed by atoms with Crippen molar-refractivity contribution in [2.75, 3.05) is 18.6 Å². The highest BCUT2D eigenvalue weighted by Crippen LogP contribution is 2.31. The molecule has 2 N–H and O–H groups in total. The van der Waals surface area contributed by atoms with Crippen molar-refractivity contribution in [3.63, 3.8) is 0 Å². The molecule has 0 aliphatic carbocycles. The Bertz CT molecular complexity index is 843. The molecule has 0 unspecified atom stereocenters. The lowest BCUT2D eigenvalue weighted by atomic mass is 9.99. The van der Waals surface area contributed by atoms with Crippen LogP contribution in [-0.4, -0.2) is 31.0 Å². The van der Waals surface area contributed by atoms with Gasteiger partial charge in [0, 0.05) is 16.1 Å². The van der Waals surface area contributed by atoms with Gasteiger partial charge in [-0.2, -0.15) is 0 Å². The van der Waals surface area contributed by atoms with E-state index in [0.717, 1.165) is 22.5 Å². The van der Waals surface area contributed by atoms with E-state index in [-0.39, 0.29) is 18.2 Å². The molecule has 136 valence electrons. The molecule has 0 fully saturated rings. The van der Waals surface area contributed by atoms with Gasteiger partial charge in [-0.1, -0.05) is 37.6 Å². The first-order valence-corrected chi connectivity index (χ1v) is 8.80. The molecule has 0 saturated heterocycles. The first-order valence-electron chi connectivity index (χ1n) is 8.42. The lowest BCUT2D eigenvalue weighted by Gasteiger charge is -2.24. The minimum atomic E-state index is 0.200. The van der Waals surface area contributed by atoms with Gasteiger partial charge in [-0.15, -0.1) is 0 Å². The summed E-state index contributed by atoms with van der Waals surface area (Å²) in [5.41, 5.74) is 3.24. The molecule has 2 aromatic rings. The van der Waals surface area contributed by atoms with Gasteiger partial charge in [-0.25, -0.2) is 0 Å². The van der Waals surface area contributed by atoms with Crippen LogP contribution in [0.3, 0.4) is 0 Å². The Morgan fingerprint density at radius 2 is 1.81 bits per heavy atom. The number of hydrogen-bond acceptors (Lipinski definition) is 4. The maximum atomic E-state index is 8.26. The molecule has 3 rings (SSSR count). The molecule has 5 nitrogen and oxygen atoms in total. The maximum absolute atomic E-state index is 8.26. The first-order chi connectivity index (χ1) is 12.5. The van der Waals surface area contributed by atoms with Crippen LogP contribution in [0.5, 0.6) is 5.75 Å². The van der Waals surface area contributed by atoms with Crippen molar-refractivity contribution in [2.45, 2.75) is 20.8 Å². The van der Waals surface area contributed by atoms with Crippen LogP contribution < -0.4 is 9.64 Å². The summed E-state index contributed by atoms with van der Waals surface area (Å²) in [6.45, 7) is 5.86. The highest BCUT2D eigenvalue weighted by atomic mass is 35.5. The second-order valence-corrected chi connectivity index (χ2v) is 5.86. The molecular weight excluding hydrogens is 348 g/mol. The van der Waals surface area contributed by atoms with Crippen molar-refractivity contribution in [3.05, 3.63) is 58.6 Å². The van der Waals surface area contributed by atoms with Crippen molar-refractivity contribution < 1.29 is 4.74 Å². The van der Waals surface area contributed by atoms with Crippen LogP contribution in [0.4, 0.5) is 5.69 Å². The number of rotatable bonds is 2. The zero-order chi connectivity index (χ0) is 19.3. The third-order valence-electron chi connectivity index (χ3n) is 3.81. The molecule has 6 heteroatoms. The number of ether oxygens (including phenoxy) is 1. The maximum Gasteiger partial charge on any atom is 0.128 e. The molecule has 0 radical (unpaired) electrons. The number of nitrogens with one attached hydrogen (secondary N) is 2. The van der Waals surface area contributed by atoms with E-state index >= 15 is 0 Å². The average molecular weight is 371 g/mol. The second kappa shape index (κ2) is 8.63. The van der Waals surface area contributed by atoms with Gasteiger partial charge in [0.1, 0.15) is 17.4 Å². The van der Waals surface area contributed by atoms with Gasteiger partial charge in [0.15, 0.2) is 0 Å². The van der Waals surface area contributed by atoms with Gasteiger partial charge in [-0.05, 0) is 37.3 Å². The number of methoxy groups -OCH3 is 1. The fourth-order valence-corrected chi connectivity index (χ4v) is 2.85. The summed E-state index contributed by atoms with van der Waals surface area (Å²) in [5.74, 6) is 1.24. The molecule has 0 atom stereocenters. The zero-order valence-electron chi connectivity index (χ0n) is 15.4. The Labute approximate surface area is 159 Å². The summed E-state index contributed by atoms with van der Waals surface area (Å²) in [5, 5.41) is 16.9. The van der Waals surface area contributed by atoms with Crippen molar-refractivity contribution in [2.24, 2.45) is 4.99 Å². The Kier molecular flexibility index (Phi) is 6.52. The Morgan fingerprint density at radius 1 is 1.15 bits per heavy atom. The van der Waals surface area contributed by atoms with E-state index in [4.69, 9.17) is 27.2 Å². The van der Waals surface area contributed by atoms with Crippen LogP contribution in [0.15, 0.2) is 47.5 Å². The van der Waals surface area contributed by atoms with E-state index in [0.29, 0.717) is 10.8 Å². The average Bonchev–Trinajstić information content (AvgIpc) is 2.79. The van der Waals surface area contributed by atoms with E-state index in [1.807, 2.05) is 56.3 Å². The zero-order valence-corrected chi connectivity index (χ0v) is 16.2. The lowest BCUT2D eigenvalue weighted by molar-refractivity contribution is 0.415. The van der Waals surface area contributed by atoms with E-state index in [2.05, 4.69) is 4.99 Å². The van der Waals surface area contributed by atoms with Crippen LogP contribution >= 0.6 is 11.6 Å². The van der Waals surface area contributed by atoms with Crippen LogP contribution in [0.2, 0.25) is 5.02 Å². The Morgan fingerprint density at radius 3 is 2.38 bits per heavy atom. The van der Waals surface area contributed by atoms with Gasteiger partial charge >= 0.3 is 0 Å². The SMILES string of the molecule is CC.COc1ccc2c(c1)C(c1ccc(Cl)cc1)=NCC(=N)N2C(C)=N. The molecule has 0 bridgehead atoms. The second-order valence-electron chi connectivity index (χ2n) is 5.42. The van der Waals surface area contributed by atoms with Crippen molar-refractivity contribution in [1.82, 2.24) is 0 Å². The largest absolute Gasteiger partial charge is 0.497 e. The van der Waals surface area contributed by atoms with Crippen LogP contribution in [0.1, 0.15) is 31.9 Å². The third-order valence-corrected chi connectivity index (χ3v) is 4.06. The molecule has 2 aromatic carbocycles. The summed E-state index contributed by atoms with van der Waals surface area (Å²) in [7, 11) is 1.61. The topological polar surface area (TPSA) is 72.5 Å². The number of hydrogen-bond donors (Lipinski definition) is 2. The third kappa shape index (κ3) is 3.94. The number of amidine groups is 2. The van der Waals surface area contributed by atoms with Gasteiger partial charge in [-0.3, -0.25) is 20.7 Å². The minimum Gasteiger partial charge on any atom is -0.497 e. The van der Waals surface area contributed by atoms with Gasteiger partial charge in [0.25, 0.3) is 0 Å². The molecule has 0 saturated carbocycles. The number of anilines is 1. The first kappa shape index (κ1) is 19.7. The van der Waals surface area contributed by atoms with Crippen LogP contribution in [0.25, 0.3) is 0 Å². The summed E-state index contributed by atoms with van der Waals surface area (Å²) in [6.07, 6.45) is 0. The molecule has 1 aliphatic rings. The van der Waals surface area contributed by atoms with Gasteiger partial charge in [0.05, 0.1) is 25.1 Å².